The van der Waals surface area contributed by atoms with E-state index in [0.29, 0.717) is 0 Å². The average Bonchev–Trinajstić information content (AvgIpc) is 2.05. The van der Waals surface area contributed by atoms with Crippen molar-refractivity contribution in [2.75, 3.05) is 0 Å². The Labute approximate surface area is 75.0 Å². The molecule has 0 aliphatic rings. The van der Waals surface area contributed by atoms with Crippen molar-refractivity contribution in [2.24, 2.45) is 5.73 Å². The molecule has 0 saturated heterocycles. The second-order valence-corrected chi connectivity index (χ2v) is 3.24. The topological polar surface area (TPSA) is 38.9 Å². The minimum absolute atomic E-state index is 0.121. The summed E-state index contributed by atoms with van der Waals surface area (Å²) >= 11 is 3.26. The van der Waals surface area contributed by atoms with Crippen LogP contribution >= 0.6 is 15.9 Å². The van der Waals surface area contributed by atoms with Crippen molar-refractivity contribution in [1.29, 1.82) is 0 Å². The van der Waals surface area contributed by atoms with E-state index in [1.807, 2.05) is 12.1 Å². The highest BCUT2D eigenvalue weighted by Gasteiger charge is 2.01. The van der Waals surface area contributed by atoms with Crippen molar-refractivity contribution < 1.29 is 0 Å². The second-order valence-electron chi connectivity index (χ2n) is 2.43. The predicted octanol–water partition coefficient (Wildman–Crippen LogP) is 2.25. The maximum absolute atomic E-state index is 5.79. The van der Waals surface area contributed by atoms with Gasteiger partial charge in [-0.05, 0) is 34.0 Å². The quantitative estimate of drug-likeness (QED) is 0.768. The summed E-state index contributed by atoms with van der Waals surface area (Å²) in [5, 5.41) is 0. The highest BCUT2D eigenvalue weighted by Crippen LogP contribution is 2.14. The van der Waals surface area contributed by atoms with Crippen molar-refractivity contribution in [3.8, 4) is 0 Å². The first-order valence-corrected chi connectivity index (χ1v) is 4.40. The fourth-order valence-corrected chi connectivity index (χ4v) is 1.08. The summed E-state index contributed by atoms with van der Waals surface area (Å²) in [7, 11) is 0. The molecule has 2 N–H and O–H groups in total. The molecule has 0 aliphatic carbocycles. The summed E-state index contributed by atoms with van der Waals surface area (Å²) < 4.78 is 0.851. The molecular weight excluding hydrogens is 204 g/mol. The molecule has 1 heterocycles. The summed E-state index contributed by atoms with van der Waals surface area (Å²) in [6, 6.07) is 4.02. The molecule has 60 valence electrons. The van der Waals surface area contributed by atoms with Gasteiger partial charge in [0.25, 0.3) is 0 Å². The molecule has 0 radical (unpaired) electrons. The molecule has 0 saturated carbocycles. The molecule has 0 fully saturated rings. The largest absolute Gasteiger partial charge is 0.324 e. The molecule has 0 bridgehead atoms. The van der Waals surface area contributed by atoms with Crippen LogP contribution < -0.4 is 5.73 Å². The first kappa shape index (κ1) is 8.68. The number of nitrogens with zero attached hydrogens (tertiary/aromatic N) is 1. The minimum Gasteiger partial charge on any atom is -0.324 e. The van der Waals surface area contributed by atoms with Crippen LogP contribution in [0.2, 0.25) is 0 Å². The first-order valence-electron chi connectivity index (χ1n) is 3.61. The van der Waals surface area contributed by atoms with Crippen LogP contribution in [0, 0.1) is 0 Å². The lowest BCUT2D eigenvalue weighted by Crippen LogP contribution is -2.08. The molecule has 0 amide bonds. The van der Waals surface area contributed by atoms with Gasteiger partial charge in [0, 0.05) is 12.2 Å². The number of nitrogens with two attached hydrogens (primary N) is 1. The van der Waals surface area contributed by atoms with Gasteiger partial charge in [0.05, 0.1) is 0 Å². The van der Waals surface area contributed by atoms with E-state index in [1.54, 1.807) is 6.20 Å². The maximum Gasteiger partial charge on any atom is 0.106 e. The number of rotatable bonds is 2. The molecule has 1 atom stereocenters. The zero-order valence-electron chi connectivity index (χ0n) is 6.42. The molecule has 0 aromatic carbocycles. The van der Waals surface area contributed by atoms with Crippen LogP contribution in [0.5, 0.6) is 0 Å². The molecule has 0 spiro atoms. The maximum atomic E-state index is 5.79. The van der Waals surface area contributed by atoms with Gasteiger partial charge in [-0.1, -0.05) is 13.0 Å². The molecule has 0 aliphatic heterocycles. The van der Waals surface area contributed by atoms with E-state index in [9.17, 15) is 0 Å². The lowest BCUT2D eigenvalue weighted by molar-refractivity contribution is 0.695. The van der Waals surface area contributed by atoms with Crippen molar-refractivity contribution in [3.05, 3.63) is 28.5 Å². The minimum atomic E-state index is 0.121. The van der Waals surface area contributed by atoms with Crippen molar-refractivity contribution in [1.82, 2.24) is 4.98 Å². The average molecular weight is 215 g/mol. The van der Waals surface area contributed by atoms with E-state index >= 15 is 0 Å². The Morgan fingerprint density at radius 1 is 1.64 bits per heavy atom. The van der Waals surface area contributed by atoms with E-state index in [-0.39, 0.29) is 6.04 Å². The van der Waals surface area contributed by atoms with Crippen molar-refractivity contribution in [2.45, 2.75) is 19.4 Å². The Morgan fingerprint density at radius 2 is 2.36 bits per heavy atom. The lowest BCUT2D eigenvalue weighted by atomic mass is 10.1. The molecule has 1 rings (SSSR count). The summed E-state index contributed by atoms with van der Waals surface area (Å²) in [5.74, 6) is 0. The van der Waals surface area contributed by atoms with Crippen LogP contribution in [-0.2, 0) is 0 Å². The summed E-state index contributed by atoms with van der Waals surface area (Å²) in [4.78, 5) is 4.08. The zero-order valence-corrected chi connectivity index (χ0v) is 8.01. The molecular formula is C8H11BrN2. The SMILES string of the molecule is CC[C@@H](N)c1ccc(Br)nc1. The molecule has 2 nitrogen and oxygen atoms in total. The number of halogens is 1. The third-order valence-electron chi connectivity index (χ3n) is 1.62. The van der Waals surface area contributed by atoms with Crippen LogP contribution in [0.3, 0.4) is 0 Å². The smallest absolute Gasteiger partial charge is 0.106 e. The van der Waals surface area contributed by atoms with Gasteiger partial charge in [-0.25, -0.2) is 4.98 Å². The van der Waals surface area contributed by atoms with Crippen LogP contribution in [-0.4, -0.2) is 4.98 Å². The number of hydrogen-bond acceptors (Lipinski definition) is 2. The van der Waals surface area contributed by atoms with Gasteiger partial charge in [-0.2, -0.15) is 0 Å². The fourth-order valence-electron chi connectivity index (χ4n) is 0.842. The van der Waals surface area contributed by atoms with E-state index in [2.05, 4.69) is 27.8 Å². The monoisotopic (exact) mass is 214 g/mol. The third kappa shape index (κ3) is 2.27. The molecule has 3 heteroatoms. The zero-order chi connectivity index (χ0) is 8.27. The van der Waals surface area contributed by atoms with Gasteiger partial charge >= 0.3 is 0 Å². The van der Waals surface area contributed by atoms with Gasteiger partial charge in [-0.15, -0.1) is 0 Å². The fraction of sp³-hybridized carbons (Fsp3) is 0.375. The van der Waals surface area contributed by atoms with E-state index < -0.39 is 0 Å². The van der Waals surface area contributed by atoms with Crippen LogP contribution in [0.1, 0.15) is 24.9 Å². The van der Waals surface area contributed by atoms with E-state index in [0.717, 1.165) is 16.6 Å². The number of pyridine rings is 1. The van der Waals surface area contributed by atoms with Gasteiger partial charge in [0.2, 0.25) is 0 Å². The number of aromatic nitrogens is 1. The summed E-state index contributed by atoms with van der Waals surface area (Å²) in [5.41, 5.74) is 6.88. The lowest BCUT2D eigenvalue weighted by Gasteiger charge is -2.07. The summed E-state index contributed by atoms with van der Waals surface area (Å²) in [6.45, 7) is 2.06. The Morgan fingerprint density at radius 3 is 2.82 bits per heavy atom. The van der Waals surface area contributed by atoms with Crippen LogP contribution in [0.25, 0.3) is 0 Å². The number of hydrogen-bond donors (Lipinski definition) is 1. The predicted molar refractivity (Wildman–Crippen MR) is 49.2 cm³/mol. The Balaban J connectivity index is 2.81. The first-order chi connectivity index (χ1) is 5.24. The van der Waals surface area contributed by atoms with Gasteiger partial charge in [-0.3, -0.25) is 0 Å². The molecule has 0 unspecified atom stereocenters. The third-order valence-corrected chi connectivity index (χ3v) is 2.09. The molecule has 1 aromatic rings. The highest BCUT2D eigenvalue weighted by atomic mass is 79.9. The standard InChI is InChI=1S/C8H11BrN2/c1-2-7(10)6-3-4-8(9)11-5-6/h3-5,7H,2,10H2,1H3/t7-/m1/s1. The van der Waals surface area contributed by atoms with E-state index in [1.165, 1.54) is 0 Å². The van der Waals surface area contributed by atoms with Gasteiger partial charge in [0.1, 0.15) is 4.60 Å². The second kappa shape index (κ2) is 3.83. The molecule has 1 aromatic heterocycles. The Kier molecular flexibility index (Phi) is 3.02. The Bertz CT molecular complexity index is 220. The van der Waals surface area contributed by atoms with Gasteiger partial charge in [0.15, 0.2) is 0 Å². The Hall–Kier alpha value is -0.410. The van der Waals surface area contributed by atoms with E-state index in [4.69, 9.17) is 5.73 Å². The highest BCUT2D eigenvalue weighted by molar-refractivity contribution is 9.10. The van der Waals surface area contributed by atoms with Crippen LogP contribution in [0.15, 0.2) is 22.9 Å². The van der Waals surface area contributed by atoms with Gasteiger partial charge < -0.3 is 5.73 Å². The van der Waals surface area contributed by atoms with Crippen LogP contribution in [0.4, 0.5) is 0 Å². The normalized spacial score (nSPS) is 13.0. The van der Waals surface area contributed by atoms with Crippen molar-refractivity contribution in [3.63, 3.8) is 0 Å². The van der Waals surface area contributed by atoms with Crippen molar-refractivity contribution >= 4 is 15.9 Å². The molecule has 11 heavy (non-hydrogen) atoms. The summed E-state index contributed by atoms with van der Waals surface area (Å²) in [6.07, 6.45) is 2.75.